The molecule has 0 heterocycles. The van der Waals surface area contributed by atoms with E-state index in [1.165, 1.54) is 81.8 Å². The number of hydrogen-bond donors (Lipinski definition) is 0. The predicted octanol–water partition coefficient (Wildman–Crippen LogP) is 17.1. The van der Waals surface area contributed by atoms with Crippen LogP contribution in [0.25, 0.3) is 0 Å². The van der Waals surface area contributed by atoms with Crippen molar-refractivity contribution in [2.24, 2.45) is 17.8 Å². The molecule has 0 bridgehead atoms. The van der Waals surface area contributed by atoms with Crippen molar-refractivity contribution < 1.29 is 0 Å². The number of benzene rings is 1. The van der Waals surface area contributed by atoms with Crippen molar-refractivity contribution in [1.29, 1.82) is 0 Å². The Morgan fingerprint density at radius 1 is 0.614 bits per heavy atom. The minimum absolute atomic E-state index is 0.700. The molecular formula is C44H94. The van der Waals surface area contributed by atoms with Gasteiger partial charge in [0.15, 0.2) is 0 Å². The second-order valence-electron chi connectivity index (χ2n) is 11.9. The molecule has 1 rings (SSSR count). The Balaban J connectivity index is -0.0000000811. The number of allylic oxidation sites excluding steroid dienone is 1. The number of unbranched alkanes of at least 4 members (excludes halogenated alkanes) is 2. The van der Waals surface area contributed by atoms with Gasteiger partial charge in [0.1, 0.15) is 0 Å². The van der Waals surface area contributed by atoms with Gasteiger partial charge in [-0.05, 0) is 86.0 Å². The topological polar surface area (TPSA) is 0 Å². The summed E-state index contributed by atoms with van der Waals surface area (Å²) >= 11 is 0. The van der Waals surface area contributed by atoms with Crippen LogP contribution in [0.5, 0.6) is 0 Å². The largest absolute Gasteiger partial charge is 0.103 e. The van der Waals surface area contributed by atoms with E-state index >= 15 is 0 Å². The van der Waals surface area contributed by atoms with Crippen molar-refractivity contribution in [3.8, 4) is 0 Å². The van der Waals surface area contributed by atoms with Gasteiger partial charge < -0.3 is 0 Å². The van der Waals surface area contributed by atoms with Crippen LogP contribution in [0.1, 0.15) is 224 Å². The van der Waals surface area contributed by atoms with Crippen molar-refractivity contribution in [1.82, 2.24) is 0 Å². The monoisotopic (exact) mass is 623 g/mol. The molecule has 0 aliphatic rings. The summed E-state index contributed by atoms with van der Waals surface area (Å²) in [5.74, 6) is 3.45. The predicted molar refractivity (Wildman–Crippen MR) is 217 cm³/mol. The SMILES string of the molecule is C=CC.CC.CC.CC.CCC(C)CC(C)C.CCCC(C)CC.CCCCC.CCCc1cc(C)c(C)cc1C(C)CC. The first-order valence-electron chi connectivity index (χ1n) is 19.6. The van der Waals surface area contributed by atoms with E-state index in [4.69, 9.17) is 0 Å². The summed E-state index contributed by atoms with van der Waals surface area (Å²) in [6.45, 7) is 48.9. The zero-order valence-corrected chi connectivity index (χ0v) is 35.5. The lowest BCUT2D eigenvalue weighted by Gasteiger charge is -2.17. The molecule has 0 nitrogen and oxygen atoms in total. The maximum Gasteiger partial charge on any atom is -0.0190 e. The third kappa shape index (κ3) is 47.9. The van der Waals surface area contributed by atoms with E-state index < -0.39 is 0 Å². The third-order valence-electron chi connectivity index (χ3n) is 7.17. The first-order chi connectivity index (χ1) is 20.9. The molecule has 0 saturated heterocycles. The van der Waals surface area contributed by atoms with Crippen LogP contribution in [-0.4, -0.2) is 0 Å². The number of hydrogen-bond acceptors (Lipinski definition) is 0. The standard InChI is InChI=1S/C15H24.C8H18.C7H16.C5H12.C3H6.3C2H6/c1-6-8-14-9-12(4)13(5)10-15(14)11(3)7-2;1-5-8(4)6-7(2)3;1-4-6-7(3)5-2;1-3-5-4-2;1-3-2;3*1-2/h9-11H,6-8H2,1-5H3;7-8H,5-6H2,1-4H3;7H,4-6H2,1-3H3;3-5H2,1-2H3;3H,1H2,2H3;3*1-2H3. The molecule has 0 spiro atoms. The first kappa shape index (κ1) is 58.5. The Labute approximate surface area is 286 Å². The molecule has 1 aromatic carbocycles. The smallest absolute Gasteiger partial charge is 0.0190 e. The van der Waals surface area contributed by atoms with E-state index in [1.807, 2.05) is 48.5 Å². The Morgan fingerprint density at radius 2 is 1.02 bits per heavy atom. The van der Waals surface area contributed by atoms with Crippen molar-refractivity contribution in [2.75, 3.05) is 0 Å². The average molecular weight is 623 g/mol. The summed E-state index contributed by atoms with van der Waals surface area (Å²) in [5.41, 5.74) is 6.01. The minimum atomic E-state index is 0.700. The molecular weight excluding hydrogens is 528 g/mol. The van der Waals surface area contributed by atoms with Crippen LogP contribution in [0.3, 0.4) is 0 Å². The van der Waals surface area contributed by atoms with Gasteiger partial charge in [0.05, 0.1) is 0 Å². The van der Waals surface area contributed by atoms with Gasteiger partial charge in [-0.15, -0.1) is 6.58 Å². The van der Waals surface area contributed by atoms with Crippen LogP contribution in [0.4, 0.5) is 0 Å². The molecule has 0 aliphatic carbocycles. The summed E-state index contributed by atoms with van der Waals surface area (Å²) in [7, 11) is 0. The molecule has 0 fully saturated rings. The maximum absolute atomic E-state index is 3.36. The molecule has 0 radical (unpaired) electrons. The molecule has 3 atom stereocenters. The quantitative estimate of drug-likeness (QED) is 0.203. The molecule has 0 aliphatic heterocycles. The highest BCUT2D eigenvalue weighted by Gasteiger charge is 2.10. The zero-order valence-electron chi connectivity index (χ0n) is 35.5. The van der Waals surface area contributed by atoms with Gasteiger partial charge in [-0.25, -0.2) is 0 Å². The van der Waals surface area contributed by atoms with Crippen molar-refractivity contribution in [3.63, 3.8) is 0 Å². The molecule has 44 heavy (non-hydrogen) atoms. The molecule has 0 amide bonds. The fraction of sp³-hybridized carbons (Fsp3) is 0.818. The van der Waals surface area contributed by atoms with Crippen molar-refractivity contribution >= 4 is 0 Å². The zero-order chi connectivity index (χ0) is 36.5. The summed E-state index contributed by atoms with van der Waals surface area (Å²) < 4.78 is 0. The van der Waals surface area contributed by atoms with E-state index in [2.05, 4.69) is 116 Å². The lowest BCUT2D eigenvalue weighted by Crippen LogP contribution is -2.00. The summed E-state index contributed by atoms with van der Waals surface area (Å²) in [4.78, 5) is 0. The Kier molecular flexibility index (Phi) is 68.5. The fourth-order valence-corrected chi connectivity index (χ4v) is 4.08. The van der Waals surface area contributed by atoms with Gasteiger partial charge in [0, 0.05) is 0 Å². The second-order valence-corrected chi connectivity index (χ2v) is 11.9. The molecule has 0 N–H and O–H groups in total. The van der Waals surface area contributed by atoms with Crippen molar-refractivity contribution in [3.05, 3.63) is 47.0 Å². The van der Waals surface area contributed by atoms with Gasteiger partial charge >= 0.3 is 0 Å². The third-order valence-corrected chi connectivity index (χ3v) is 7.17. The highest BCUT2D eigenvalue weighted by atomic mass is 14.2. The average Bonchev–Trinajstić information content (AvgIpc) is 3.03. The van der Waals surface area contributed by atoms with Gasteiger partial charge in [-0.1, -0.05) is 194 Å². The molecule has 270 valence electrons. The molecule has 3 unspecified atom stereocenters. The summed E-state index contributed by atoms with van der Waals surface area (Å²) in [6.07, 6.45) is 16.3. The molecule has 1 aromatic rings. The normalized spacial score (nSPS) is 11.0. The number of rotatable bonds is 12. The highest BCUT2D eigenvalue weighted by molar-refractivity contribution is 5.39. The lowest BCUT2D eigenvalue weighted by molar-refractivity contribution is 0.429. The summed E-state index contributed by atoms with van der Waals surface area (Å²) in [6, 6.07) is 4.79. The molecule has 0 aromatic heterocycles. The van der Waals surface area contributed by atoms with E-state index in [9.17, 15) is 0 Å². The first-order valence-corrected chi connectivity index (χ1v) is 19.6. The van der Waals surface area contributed by atoms with Gasteiger partial charge in [0.25, 0.3) is 0 Å². The van der Waals surface area contributed by atoms with Crippen molar-refractivity contribution in [2.45, 2.75) is 222 Å². The Morgan fingerprint density at radius 3 is 1.25 bits per heavy atom. The van der Waals surface area contributed by atoms with Crippen LogP contribution >= 0.6 is 0 Å². The molecule has 0 saturated carbocycles. The highest BCUT2D eigenvalue weighted by Crippen LogP contribution is 2.26. The van der Waals surface area contributed by atoms with Gasteiger partial charge in [0.2, 0.25) is 0 Å². The maximum atomic E-state index is 3.36. The minimum Gasteiger partial charge on any atom is -0.103 e. The van der Waals surface area contributed by atoms with E-state index in [0.29, 0.717) is 5.92 Å². The van der Waals surface area contributed by atoms with Crippen LogP contribution in [0.2, 0.25) is 0 Å². The van der Waals surface area contributed by atoms with Gasteiger partial charge in [-0.2, -0.15) is 0 Å². The Bertz CT molecular complexity index is 592. The van der Waals surface area contributed by atoms with Crippen LogP contribution in [0.15, 0.2) is 24.8 Å². The number of aryl methyl sites for hydroxylation is 3. The molecule has 0 heteroatoms. The van der Waals surface area contributed by atoms with E-state index in [-0.39, 0.29) is 0 Å². The summed E-state index contributed by atoms with van der Waals surface area (Å²) in [5, 5.41) is 0. The van der Waals surface area contributed by atoms with Crippen LogP contribution in [0, 0.1) is 31.6 Å². The Hall–Kier alpha value is -1.04. The van der Waals surface area contributed by atoms with Gasteiger partial charge in [-0.3, -0.25) is 0 Å². The van der Waals surface area contributed by atoms with E-state index in [0.717, 1.165) is 17.8 Å². The second kappa shape index (κ2) is 51.5. The van der Waals surface area contributed by atoms with Crippen LogP contribution in [-0.2, 0) is 6.42 Å². The lowest BCUT2D eigenvalue weighted by atomic mass is 9.88. The van der Waals surface area contributed by atoms with Crippen LogP contribution < -0.4 is 0 Å². The van der Waals surface area contributed by atoms with E-state index in [1.54, 1.807) is 17.2 Å². The fourth-order valence-electron chi connectivity index (χ4n) is 4.08.